The van der Waals surface area contributed by atoms with Crippen LogP contribution in [0.1, 0.15) is 43.2 Å². The van der Waals surface area contributed by atoms with Crippen molar-refractivity contribution in [2.75, 3.05) is 31.1 Å². The van der Waals surface area contributed by atoms with Crippen molar-refractivity contribution in [2.45, 2.75) is 52.0 Å². The van der Waals surface area contributed by atoms with Crippen molar-refractivity contribution in [1.29, 1.82) is 0 Å². The van der Waals surface area contributed by atoms with Crippen LogP contribution in [0.5, 0.6) is 0 Å². The lowest BCUT2D eigenvalue weighted by Crippen LogP contribution is -2.53. The standard InChI is InChI=1S/C19H29N3S/c1-15-8-9-18(16(2)14-15)21-10-12-22(13-11-21)19(23)20-17-6-4-3-5-7-17/h8-9,14,17H,3-7,10-13H2,1-2H3,(H,20,23). The number of thiocarbonyl (C=S) groups is 1. The normalized spacial score (nSPS) is 19.7. The van der Waals surface area contributed by atoms with Gasteiger partial charge in [0, 0.05) is 37.9 Å². The third-order valence-corrected chi connectivity index (χ3v) is 5.57. The molecule has 1 heterocycles. The Labute approximate surface area is 146 Å². The summed E-state index contributed by atoms with van der Waals surface area (Å²) in [4.78, 5) is 4.85. The van der Waals surface area contributed by atoms with E-state index in [0.717, 1.165) is 31.3 Å². The van der Waals surface area contributed by atoms with Gasteiger partial charge in [-0.2, -0.15) is 0 Å². The Bertz CT molecular complexity index is 544. The van der Waals surface area contributed by atoms with Gasteiger partial charge < -0.3 is 15.1 Å². The highest BCUT2D eigenvalue weighted by Crippen LogP contribution is 2.23. The van der Waals surface area contributed by atoms with E-state index >= 15 is 0 Å². The Balaban J connectivity index is 1.52. The monoisotopic (exact) mass is 331 g/mol. The van der Waals surface area contributed by atoms with Crippen LogP contribution >= 0.6 is 12.2 Å². The lowest BCUT2D eigenvalue weighted by molar-refractivity contribution is 0.355. The first kappa shape index (κ1) is 16.6. The second kappa shape index (κ2) is 7.52. The first-order chi connectivity index (χ1) is 11.1. The van der Waals surface area contributed by atoms with Crippen LogP contribution in [0.25, 0.3) is 0 Å². The van der Waals surface area contributed by atoms with Crippen molar-refractivity contribution in [1.82, 2.24) is 10.2 Å². The number of nitrogens with zero attached hydrogens (tertiary/aromatic N) is 2. The molecule has 0 bridgehead atoms. The van der Waals surface area contributed by atoms with E-state index in [2.05, 4.69) is 47.2 Å². The summed E-state index contributed by atoms with van der Waals surface area (Å²) in [7, 11) is 0. The van der Waals surface area contributed by atoms with Crippen LogP contribution in [-0.4, -0.2) is 42.2 Å². The first-order valence-corrected chi connectivity index (χ1v) is 9.42. The summed E-state index contributed by atoms with van der Waals surface area (Å²) in [6.07, 6.45) is 6.65. The summed E-state index contributed by atoms with van der Waals surface area (Å²) >= 11 is 5.65. The zero-order valence-electron chi connectivity index (χ0n) is 14.5. The van der Waals surface area contributed by atoms with E-state index in [-0.39, 0.29) is 0 Å². The Morgan fingerprint density at radius 1 is 1.04 bits per heavy atom. The molecule has 0 radical (unpaired) electrons. The topological polar surface area (TPSA) is 18.5 Å². The quantitative estimate of drug-likeness (QED) is 0.834. The molecular formula is C19H29N3S. The minimum absolute atomic E-state index is 0.605. The van der Waals surface area contributed by atoms with E-state index in [0.29, 0.717) is 6.04 Å². The van der Waals surface area contributed by atoms with Crippen LogP contribution < -0.4 is 10.2 Å². The maximum atomic E-state index is 5.65. The van der Waals surface area contributed by atoms with Crippen LogP contribution in [0.4, 0.5) is 5.69 Å². The molecule has 126 valence electrons. The molecule has 0 spiro atoms. The summed E-state index contributed by atoms with van der Waals surface area (Å²) in [5.74, 6) is 0. The number of rotatable bonds is 2. The number of piperazine rings is 1. The van der Waals surface area contributed by atoms with Gasteiger partial charge in [-0.15, -0.1) is 0 Å². The number of hydrogen-bond donors (Lipinski definition) is 1. The number of aryl methyl sites for hydroxylation is 2. The molecule has 3 rings (SSSR count). The van der Waals surface area contributed by atoms with E-state index in [4.69, 9.17) is 12.2 Å². The molecule has 1 aromatic rings. The summed E-state index contributed by atoms with van der Waals surface area (Å²) < 4.78 is 0. The van der Waals surface area contributed by atoms with Gasteiger partial charge in [-0.1, -0.05) is 37.0 Å². The summed E-state index contributed by atoms with van der Waals surface area (Å²) in [6, 6.07) is 7.36. The predicted molar refractivity (Wildman–Crippen MR) is 102 cm³/mol. The van der Waals surface area contributed by atoms with Crippen molar-refractivity contribution < 1.29 is 0 Å². The molecule has 23 heavy (non-hydrogen) atoms. The lowest BCUT2D eigenvalue weighted by Gasteiger charge is -2.39. The van der Waals surface area contributed by atoms with Gasteiger partial charge in [-0.25, -0.2) is 0 Å². The summed E-state index contributed by atoms with van der Waals surface area (Å²) in [5, 5.41) is 4.57. The highest BCUT2D eigenvalue weighted by atomic mass is 32.1. The number of nitrogens with one attached hydrogen (secondary N) is 1. The molecular weight excluding hydrogens is 302 g/mol. The van der Waals surface area contributed by atoms with E-state index in [1.54, 1.807) is 0 Å². The van der Waals surface area contributed by atoms with Crippen LogP contribution in [-0.2, 0) is 0 Å². The van der Waals surface area contributed by atoms with Crippen molar-refractivity contribution in [3.63, 3.8) is 0 Å². The fourth-order valence-corrected chi connectivity index (χ4v) is 4.17. The maximum Gasteiger partial charge on any atom is 0.169 e. The Kier molecular flexibility index (Phi) is 5.42. The summed E-state index contributed by atoms with van der Waals surface area (Å²) in [6.45, 7) is 8.51. The van der Waals surface area contributed by atoms with Crippen LogP contribution in [0.2, 0.25) is 0 Å². The minimum atomic E-state index is 0.605. The van der Waals surface area contributed by atoms with E-state index in [1.165, 1.54) is 48.9 Å². The molecule has 1 aliphatic heterocycles. The molecule has 1 saturated heterocycles. The van der Waals surface area contributed by atoms with Crippen LogP contribution in [0.15, 0.2) is 18.2 Å². The fourth-order valence-electron chi connectivity index (χ4n) is 3.82. The Morgan fingerprint density at radius 3 is 2.39 bits per heavy atom. The maximum absolute atomic E-state index is 5.65. The third kappa shape index (κ3) is 4.17. The molecule has 4 heteroatoms. The highest BCUT2D eigenvalue weighted by molar-refractivity contribution is 7.80. The first-order valence-electron chi connectivity index (χ1n) is 9.01. The third-order valence-electron chi connectivity index (χ3n) is 5.19. The number of benzene rings is 1. The van der Waals surface area contributed by atoms with Gasteiger partial charge >= 0.3 is 0 Å². The van der Waals surface area contributed by atoms with Gasteiger partial charge in [0.05, 0.1) is 0 Å². The SMILES string of the molecule is Cc1ccc(N2CCN(C(=S)NC3CCCCC3)CC2)c(C)c1. The molecule has 2 fully saturated rings. The van der Waals surface area contributed by atoms with E-state index < -0.39 is 0 Å². The zero-order valence-corrected chi connectivity index (χ0v) is 15.3. The zero-order chi connectivity index (χ0) is 16.2. The average molecular weight is 332 g/mol. The van der Waals surface area contributed by atoms with Crippen molar-refractivity contribution in [3.05, 3.63) is 29.3 Å². The van der Waals surface area contributed by atoms with Gasteiger partial charge in [0.25, 0.3) is 0 Å². The smallest absolute Gasteiger partial charge is 0.169 e. The summed E-state index contributed by atoms with van der Waals surface area (Å²) in [5.41, 5.74) is 4.09. The van der Waals surface area contributed by atoms with Gasteiger partial charge in [0.1, 0.15) is 0 Å². The minimum Gasteiger partial charge on any atom is -0.368 e. The number of hydrogen-bond acceptors (Lipinski definition) is 2. The van der Waals surface area contributed by atoms with E-state index in [9.17, 15) is 0 Å². The van der Waals surface area contributed by atoms with Crippen LogP contribution in [0.3, 0.4) is 0 Å². The van der Waals surface area contributed by atoms with Crippen molar-refractivity contribution in [3.8, 4) is 0 Å². The highest BCUT2D eigenvalue weighted by Gasteiger charge is 2.22. The molecule has 3 nitrogen and oxygen atoms in total. The number of anilines is 1. The second-order valence-corrected chi connectivity index (χ2v) is 7.44. The molecule has 1 N–H and O–H groups in total. The van der Waals surface area contributed by atoms with Crippen LogP contribution in [0, 0.1) is 13.8 Å². The van der Waals surface area contributed by atoms with Gasteiger partial charge in [-0.3, -0.25) is 0 Å². The van der Waals surface area contributed by atoms with Gasteiger partial charge in [-0.05, 0) is 50.5 Å². The van der Waals surface area contributed by atoms with Crippen molar-refractivity contribution in [2.24, 2.45) is 0 Å². The molecule has 1 aliphatic carbocycles. The molecule has 0 atom stereocenters. The second-order valence-electron chi connectivity index (χ2n) is 7.05. The predicted octanol–water partition coefficient (Wildman–Crippen LogP) is 3.63. The Hall–Kier alpha value is -1.29. The molecule has 0 unspecified atom stereocenters. The van der Waals surface area contributed by atoms with Crippen molar-refractivity contribution >= 4 is 23.0 Å². The van der Waals surface area contributed by atoms with Gasteiger partial charge in [0.15, 0.2) is 5.11 Å². The molecule has 1 saturated carbocycles. The Morgan fingerprint density at radius 2 is 1.74 bits per heavy atom. The average Bonchev–Trinajstić information content (AvgIpc) is 2.56. The molecule has 0 aromatic heterocycles. The van der Waals surface area contributed by atoms with Gasteiger partial charge in [0.2, 0.25) is 0 Å². The molecule has 2 aliphatic rings. The molecule has 0 amide bonds. The fraction of sp³-hybridized carbons (Fsp3) is 0.632. The van der Waals surface area contributed by atoms with E-state index in [1.807, 2.05) is 0 Å². The lowest BCUT2D eigenvalue weighted by atomic mass is 9.96. The molecule has 1 aromatic carbocycles. The largest absolute Gasteiger partial charge is 0.368 e.